The summed E-state index contributed by atoms with van der Waals surface area (Å²) >= 11 is 3.45. The molecule has 0 aliphatic carbocycles. The normalized spacial score (nSPS) is 10.1. The van der Waals surface area contributed by atoms with Crippen molar-refractivity contribution in [3.63, 3.8) is 0 Å². The van der Waals surface area contributed by atoms with Crippen LogP contribution in [0.5, 0.6) is 0 Å². The van der Waals surface area contributed by atoms with Crippen LogP contribution >= 0.6 is 15.9 Å². The molecule has 98 valence electrons. The molecule has 19 heavy (non-hydrogen) atoms. The van der Waals surface area contributed by atoms with E-state index in [0.717, 1.165) is 10.0 Å². The molecule has 0 unspecified atom stereocenters. The SMILES string of the molecule is CNc1cncc(C(=O)Nc2cccc(C)c2Br)n1. The van der Waals surface area contributed by atoms with Crippen molar-refractivity contribution in [1.29, 1.82) is 0 Å². The second-order valence-electron chi connectivity index (χ2n) is 3.93. The number of carbonyl (C=O) groups excluding carboxylic acids is 1. The first-order chi connectivity index (χ1) is 9.11. The first-order valence-electron chi connectivity index (χ1n) is 5.68. The van der Waals surface area contributed by atoms with E-state index >= 15 is 0 Å². The van der Waals surface area contributed by atoms with Gasteiger partial charge >= 0.3 is 0 Å². The maximum Gasteiger partial charge on any atom is 0.275 e. The molecule has 0 radical (unpaired) electrons. The summed E-state index contributed by atoms with van der Waals surface area (Å²) in [6.45, 7) is 1.96. The summed E-state index contributed by atoms with van der Waals surface area (Å²) < 4.78 is 0.862. The van der Waals surface area contributed by atoms with Gasteiger partial charge in [0.2, 0.25) is 0 Å². The molecule has 0 saturated carbocycles. The summed E-state index contributed by atoms with van der Waals surface area (Å²) in [5.41, 5.74) is 2.02. The van der Waals surface area contributed by atoms with Gasteiger partial charge in [0.05, 0.1) is 18.1 Å². The third kappa shape index (κ3) is 3.08. The molecule has 0 bridgehead atoms. The fourth-order valence-electron chi connectivity index (χ4n) is 1.53. The van der Waals surface area contributed by atoms with Gasteiger partial charge in [-0.3, -0.25) is 9.78 Å². The minimum Gasteiger partial charge on any atom is -0.372 e. The Morgan fingerprint density at radius 3 is 2.84 bits per heavy atom. The Hall–Kier alpha value is -1.95. The van der Waals surface area contributed by atoms with Crippen molar-refractivity contribution in [2.45, 2.75) is 6.92 Å². The number of carbonyl (C=O) groups is 1. The Balaban J connectivity index is 2.23. The van der Waals surface area contributed by atoms with Gasteiger partial charge in [-0.05, 0) is 34.5 Å². The van der Waals surface area contributed by atoms with Gasteiger partial charge in [0.25, 0.3) is 5.91 Å². The lowest BCUT2D eigenvalue weighted by Gasteiger charge is -2.09. The molecule has 6 heteroatoms. The van der Waals surface area contributed by atoms with E-state index in [2.05, 4.69) is 36.5 Å². The van der Waals surface area contributed by atoms with E-state index in [4.69, 9.17) is 0 Å². The van der Waals surface area contributed by atoms with E-state index in [1.54, 1.807) is 13.2 Å². The summed E-state index contributed by atoms with van der Waals surface area (Å²) in [4.78, 5) is 20.2. The van der Waals surface area contributed by atoms with Crippen molar-refractivity contribution in [2.24, 2.45) is 0 Å². The summed E-state index contributed by atoms with van der Waals surface area (Å²) in [7, 11) is 1.73. The third-order valence-corrected chi connectivity index (χ3v) is 3.62. The second kappa shape index (κ2) is 5.79. The standard InChI is InChI=1S/C13H13BrN4O/c1-8-4-3-5-9(12(8)14)18-13(19)10-6-16-7-11(15-2)17-10/h3-7H,1-2H3,(H,15,17)(H,18,19). The monoisotopic (exact) mass is 320 g/mol. The van der Waals surface area contributed by atoms with Crippen LogP contribution in [0.2, 0.25) is 0 Å². The van der Waals surface area contributed by atoms with Crippen molar-refractivity contribution >= 4 is 33.3 Å². The van der Waals surface area contributed by atoms with E-state index in [-0.39, 0.29) is 11.6 Å². The average molecular weight is 321 g/mol. The number of nitrogens with one attached hydrogen (secondary N) is 2. The highest BCUT2D eigenvalue weighted by molar-refractivity contribution is 9.10. The number of aryl methyl sites for hydroxylation is 1. The number of aromatic nitrogens is 2. The minimum atomic E-state index is -0.295. The van der Waals surface area contributed by atoms with Gasteiger partial charge in [-0.1, -0.05) is 12.1 Å². The molecule has 0 saturated heterocycles. The van der Waals surface area contributed by atoms with Crippen molar-refractivity contribution in [2.75, 3.05) is 17.7 Å². The predicted molar refractivity (Wildman–Crippen MR) is 78.4 cm³/mol. The van der Waals surface area contributed by atoms with Gasteiger partial charge in [-0.15, -0.1) is 0 Å². The Kier molecular flexibility index (Phi) is 4.11. The highest BCUT2D eigenvalue weighted by Gasteiger charge is 2.11. The number of rotatable bonds is 3. The topological polar surface area (TPSA) is 66.9 Å². The maximum absolute atomic E-state index is 12.1. The Morgan fingerprint density at radius 2 is 2.11 bits per heavy atom. The van der Waals surface area contributed by atoms with Crippen LogP contribution in [-0.2, 0) is 0 Å². The van der Waals surface area contributed by atoms with Gasteiger partial charge < -0.3 is 10.6 Å². The van der Waals surface area contributed by atoms with E-state index < -0.39 is 0 Å². The molecule has 0 atom stereocenters. The highest BCUT2D eigenvalue weighted by Crippen LogP contribution is 2.26. The van der Waals surface area contributed by atoms with E-state index in [1.165, 1.54) is 6.20 Å². The van der Waals surface area contributed by atoms with Crippen molar-refractivity contribution in [3.05, 3.63) is 46.3 Å². The number of nitrogens with zero attached hydrogens (tertiary/aromatic N) is 2. The molecule has 1 aromatic carbocycles. The van der Waals surface area contributed by atoms with Gasteiger partial charge in [0.1, 0.15) is 11.5 Å². The average Bonchev–Trinajstić information content (AvgIpc) is 2.44. The van der Waals surface area contributed by atoms with Crippen LogP contribution in [-0.4, -0.2) is 22.9 Å². The van der Waals surface area contributed by atoms with E-state index in [0.29, 0.717) is 11.5 Å². The molecule has 5 nitrogen and oxygen atoms in total. The van der Waals surface area contributed by atoms with E-state index in [1.807, 2.05) is 25.1 Å². The smallest absolute Gasteiger partial charge is 0.275 e. The Bertz CT molecular complexity index is 615. The molecule has 1 heterocycles. The van der Waals surface area contributed by atoms with Crippen LogP contribution in [0.25, 0.3) is 0 Å². The third-order valence-electron chi connectivity index (χ3n) is 2.56. The van der Waals surface area contributed by atoms with E-state index in [9.17, 15) is 4.79 Å². The number of amides is 1. The summed E-state index contributed by atoms with van der Waals surface area (Å²) in [6.07, 6.45) is 2.99. The fraction of sp³-hybridized carbons (Fsp3) is 0.154. The molecule has 1 amide bonds. The first-order valence-corrected chi connectivity index (χ1v) is 6.47. The number of hydrogen-bond donors (Lipinski definition) is 2. The van der Waals surface area contributed by atoms with Crippen LogP contribution in [0.15, 0.2) is 35.1 Å². The van der Waals surface area contributed by atoms with Crippen LogP contribution in [0.4, 0.5) is 11.5 Å². The molecule has 0 aliphatic rings. The predicted octanol–water partition coefficient (Wildman–Crippen LogP) is 2.84. The zero-order valence-corrected chi connectivity index (χ0v) is 12.2. The fourth-order valence-corrected chi connectivity index (χ4v) is 1.89. The van der Waals surface area contributed by atoms with Gasteiger partial charge in [0.15, 0.2) is 0 Å². The zero-order chi connectivity index (χ0) is 13.8. The summed E-state index contributed by atoms with van der Waals surface area (Å²) in [6, 6.07) is 5.66. The van der Waals surface area contributed by atoms with Crippen molar-refractivity contribution in [1.82, 2.24) is 9.97 Å². The highest BCUT2D eigenvalue weighted by atomic mass is 79.9. The maximum atomic E-state index is 12.1. The van der Waals surface area contributed by atoms with Gasteiger partial charge in [0, 0.05) is 11.5 Å². The Labute approximate surface area is 119 Å². The number of halogens is 1. The molecule has 0 fully saturated rings. The molecule has 2 rings (SSSR count). The largest absolute Gasteiger partial charge is 0.372 e. The first kappa shape index (κ1) is 13.5. The molecule has 2 N–H and O–H groups in total. The summed E-state index contributed by atoms with van der Waals surface area (Å²) in [5.74, 6) is 0.256. The van der Waals surface area contributed by atoms with Crippen LogP contribution in [0.1, 0.15) is 16.1 Å². The van der Waals surface area contributed by atoms with Gasteiger partial charge in [-0.2, -0.15) is 0 Å². The molecule has 0 aliphatic heterocycles. The van der Waals surface area contributed by atoms with Crippen molar-refractivity contribution in [3.8, 4) is 0 Å². The molecule has 2 aromatic rings. The molecule has 0 spiro atoms. The Morgan fingerprint density at radius 1 is 1.32 bits per heavy atom. The lowest BCUT2D eigenvalue weighted by Crippen LogP contribution is -2.15. The number of anilines is 2. The summed E-state index contributed by atoms with van der Waals surface area (Å²) in [5, 5.41) is 5.65. The van der Waals surface area contributed by atoms with Crippen LogP contribution in [0, 0.1) is 6.92 Å². The second-order valence-corrected chi connectivity index (χ2v) is 4.72. The molecule has 1 aromatic heterocycles. The zero-order valence-electron chi connectivity index (χ0n) is 10.6. The number of hydrogen-bond acceptors (Lipinski definition) is 4. The van der Waals surface area contributed by atoms with Crippen molar-refractivity contribution < 1.29 is 4.79 Å². The molecular formula is C13H13BrN4O. The van der Waals surface area contributed by atoms with Gasteiger partial charge in [-0.25, -0.2) is 4.98 Å². The number of benzene rings is 1. The lowest BCUT2D eigenvalue weighted by atomic mass is 10.2. The van der Waals surface area contributed by atoms with Crippen LogP contribution < -0.4 is 10.6 Å². The molecular weight excluding hydrogens is 308 g/mol. The quantitative estimate of drug-likeness (QED) is 0.912. The van der Waals surface area contributed by atoms with Crippen LogP contribution in [0.3, 0.4) is 0 Å². The minimum absolute atomic E-state index is 0.264. The lowest BCUT2D eigenvalue weighted by molar-refractivity contribution is 0.102.